The van der Waals surface area contributed by atoms with E-state index in [1.165, 1.54) is 24.8 Å². The zero-order valence-corrected chi connectivity index (χ0v) is 16.8. The average molecular weight is 401 g/mol. The van der Waals surface area contributed by atoms with Gasteiger partial charge in [-0.25, -0.2) is 4.79 Å². The number of methoxy groups -OCH3 is 2. The lowest BCUT2D eigenvalue weighted by Gasteiger charge is -2.13. The van der Waals surface area contributed by atoms with Crippen molar-refractivity contribution in [1.29, 1.82) is 0 Å². The van der Waals surface area contributed by atoms with Gasteiger partial charge in [0.05, 0.1) is 14.2 Å². The summed E-state index contributed by atoms with van der Waals surface area (Å²) < 4.78 is 15.5. The summed E-state index contributed by atoms with van der Waals surface area (Å²) >= 11 is 1.39. The van der Waals surface area contributed by atoms with Crippen LogP contribution in [-0.2, 0) is 20.9 Å². The first-order valence-electron chi connectivity index (χ1n) is 8.61. The smallest absolute Gasteiger partial charge is 0.332 e. The van der Waals surface area contributed by atoms with E-state index >= 15 is 0 Å². The van der Waals surface area contributed by atoms with Gasteiger partial charge in [-0.3, -0.25) is 4.79 Å². The van der Waals surface area contributed by atoms with Crippen LogP contribution in [0.25, 0.3) is 0 Å². The number of carbonyl (C=O) groups excluding carboxylic acids is 2. The second-order valence-electron chi connectivity index (χ2n) is 5.72. The van der Waals surface area contributed by atoms with Gasteiger partial charge in [0.2, 0.25) is 0 Å². The van der Waals surface area contributed by atoms with Gasteiger partial charge in [0.1, 0.15) is 0 Å². The fourth-order valence-electron chi connectivity index (χ4n) is 2.26. The minimum atomic E-state index is -0.904. The standard InChI is InChI=1S/C21H23NO5S/c1-15(27-20(23)11-12-28-17-7-5-4-6-8-17)21(24)22-14-16-9-10-18(25-2)19(13-16)26-3/h4-13,15H,14H2,1-3H3,(H,22,24)/b12-11+/t15-/m0/s1. The summed E-state index contributed by atoms with van der Waals surface area (Å²) in [6.07, 6.45) is 0.398. The van der Waals surface area contributed by atoms with Crippen LogP contribution in [0.5, 0.6) is 11.5 Å². The summed E-state index contributed by atoms with van der Waals surface area (Å²) in [7, 11) is 3.10. The van der Waals surface area contributed by atoms with Gasteiger partial charge in [-0.05, 0) is 42.2 Å². The van der Waals surface area contributed by atoms with Crippen molar-refractivity contribution in [2.75, 3.05) is 14.2 Å². The molecule has 0 fully saturated rings. The molecule has 0 aliphatic carbocycles. The van der Waals surface area contributed by atoms with E-state index in [-0.39, 0.29) is 12.5 Å². The molecule has 0 heterocycles. The Hall–Kier alpha value is -2.93. The van der Waals surface area contributed by atoms with Gasteiger partial charge in [-0.1, -0.05) is 36.0 Å². The highest BCUT2D eigenvalue weighted by atomic mass is 32.2. The Kier molecular flexibility index (Phi) is 8.42. The molecule has 28 heavy (non-hydrogen) atoms. The first-order chi connectivity index (χ1) is 13.5. The van der Waals surface area contributed by atoms with E-state index in [1.54, 1.807) is 31.8 Å². The predicted octanol–water partition coefficient (Wildman–Crippen LogP) is 3.56. The lowest BCUT2D eigenvalue weighted by molar-refractivity contribution is -0.150. The molecule has 1 N–H and O–H groups in total. The summed E-state index contributed by atoms with van der Waals surface area (Å²) in [6.45, 7) is 1.81. The molecule has 6 nitrogen and oxygen atoms in total. The molecule has 0 unspecified atom stereocenters. The summed E-state index contributed by atoms with van der Waals surface area (Å²) in [5.74, 6) is 0.235. The second-order valence-corrected chi connectivity index (χ2v) is 6.70. The molecule has 1 atom stereocenters. The van der Waals surface area contributed by atoms with Gasteiger partial charge < -0.3 is 19.5 Å². The third kappa shape index (κ3) is 6.66. The van der Waals surface area contributed by atoms with Crippen LogP contribution in [0.3, 0.4) is 0 Å². The molecule has 1 amide bonds. The minimum absolute atomic E-state index is 0.279. The lowest BCUT2D eigenvalue weighted by Crippen LogP contribution is -2.35. The van der Waals surface area contributed by atoms with Crippen LogP contribution < -0.4 is 14.8 Å². The average Bonchev–Trinajstić information content (AvgIpc) is 2.72. The number of hydrogen-bond donors (Lipinski definition) is 1. The van der Waals surface area contributed by atoms with Gasteiger partial charge in [-0.2, -0.15) is 0 Å². The Morgan fingerprint density at radius 1 is 1.07 bits per heavy atom. The quantitative estimate of drug-likeness (QED) is 0.393. The molecule has 0 aliphatic rings. The van der Waals surface area contributed by atoms with Crippen molar-refractivity contribution in [3.8, 4) is 11.5 Å². The number of ether oxygens (including phenoxy) is 3. The molecule has 2 aromatic carbocycles. The summed E-state index contributed by atoms with van der Waals surface area (Å²) in [4.78, 5) is 25.0. The molecule has 0 aromatic heterocycles. The van der Waals surface area contributed by atoms with Gasteiger partial charge in [-0.15, -0.1) is 0 Å². The van der Waals surface area contributed by atoms with E-state index in [4.69, 9.17) is 14.2 Å². The van der Waals surface area contributed by atoms with E-state index in [2.05, 4.69) is 5.32 Å². The maximum absolute atomic E-state index is 12.2. The predicted molar refractivity (Wildman–Crippen MR) is 108 cm³/mol. The van der Waals surface area contributed by atoms with Crippen molar-refractivity contribution in [2.24, 2.45) is 0 Å². The number of carbonyl (C=O) groups is 2. The Morgan fingerprint density at radius 3 is 2.46 bits per heavy atom. The number of nitrogens with one attached hydrogen (secondary N) is 1. The molecule has 7 heteroatoms. The number of thioether (sulfide) groups is 1. The molecule has 2 rings (SSSR count). The summed E-state index contributed by atoms with van der Waals surface area (Å²) in [5.41, 5.74) is 0.837. The van der Waals surface area contributed by atoms with Crippen molar-refractivity contribution >= 4 is 23.6 Å². The van der Waals surface area contributed by atoms with E-state index < -0.39 is 12.1 Å². The fraction of sp³-hybridized carbons (Fsp3) is 0.238. The monoisotopic (exact) mass is 401 g/mol. The molecule has 148 valence electrons. The zero-order valence-electron chi connectivity index (χ0n) is 16.0. The lowest BCUT2D eigenvalue weighted by atomic mass is 10.2. The highest BCUT2D eigenvalue weighted by Gasteiger charge is 2.16. The number of benzene rings is 2. The van der Waals surface area contributed by atoms with E-state index in [1.807, 2.05) is 36.4 Å². The third-order valence-electron chi connectivity index (χ3n) is 3.73. The Morgan fingerprint density at radius 2 is 1.79 bits per heavy atom. The normalized spacial score (nSPS) is 11.7. The van der Waals surface area contributed by atoms with Gasteiger partial charge in [0, 0.05) is 17.5 Å². The molecular weight excluding hydrogens is 378 g/mol. The summed E-state index contributed by atoms with van der Waals surface area (Å²) in [5, 5.41) is 4.36. The minimum Gasteiger partial charge on any atom is -0.493 e. The molecule has 2 aromatic rings. The summed E-state index contributed by atoms with van der Waals surface area (Å²) in [6, 6.07) is 15.0. The second kappa shape index (κ2) is 11.0. The van der Waals surface area contributed by atoms with Gasteiger partial charge in [0.25, 0.3) is 5.91 Å². The number of rotatable bonds is 9. The highest BCUT2D eigenvalue weighted by molar-refractivity contribution is 8.02. The van der Waals surface area contributed by atoms with Gasteiger partial charge >= 0.3 is 5.97 Å². The molecule has 0 bridgehead atoms. The van der Waals surface area contributed by atoms with E-state index in [9.17, 15) is 9.59 Å². The van der Waals surface area contributed by atoms with Crippen molar-refractivity contribution in [3.63, 3.8) is 0 Å². The molecule has 0 saturated carbocycles. The first kappa shape index (κ1) is 21.4. The van der Waals surface area contributed by atoms with Crippen LogP contribution in [0.15, 0.2) is 64.9 Å². The number of esters is 1. The maximum atomic E-state index is 12.2. The maximum Gasteiger partial charge on any atom is 0.332 e. The fourth-order valence-corrected chi connectivity index (χ4v) is 2.91. The SMILES string of the molecule is COc1ccc(CNC(=O)[C@H](C)OC(=O)/C=C/Sc2ccccc2)cc1OC. The molecule has 0 radical (unpaired) electrons. The van der Waals surface area contributed by atoms with Crippen LogP contribution in [-0.4, -0.2) is 32.2 Å². The van der Waals surface area contributed by atoms with Crippen LogP contribution in [0, 0.1) is 0 Å². The van der Waals surface area contributed by atoms with Crippen LogP contribution >= 0.6 is 11.8 Å². The number of amides is 1. The van der Waals surface area contributed by atoms with Crippen LogP contribution in [0.4, 0.5) is 0 Å². The van der Waals surface area contributed by atoms with Crippen molar-refractivity contribution in [2.45, 2.75) is 24.5 Å². The van der Waals surface area contributed by atoms with Crippen molar-refractivity contribution in [3.05, 3.63) is 65.6 Å². The Labute approximate surface area is 168 Å². The highest BCUT2D eigenvalue weighted by Crippen LogP contribution is 2.27. The van der Waals surface area contributed by atoms with Crippen LogP contribution in [0.2, 0.25) is 0 Å². The van der Waals surface area contributed by atoms with Crippen molar-refractivity contribution in [1.82, 2.24) is 5.32 Å². The third-order valence-corrected chi connectivity index (χ3v) is 4.54. The molecule has 0 saturated heterocycles. The molecule has 0 spiro atoms. The first-order valence-corrected chi connectivity index (χ1v) is 9.49. The number of hydrogen-bond acceptors (Lipinski definition) is 6. The molecule has 0 aliphatic heterocycles. The van der Waals surface area contributed by atoms with Crippen LogP contribution in [0.1, 0.15) is 12.5 Å². The van der Waals surface area contributed by atoms with E-state index in [0.29, 0.717) is 11.5 Å². The Bertz CT molecular complexity index is 823. The van der Waals surface area contributed by atoms with E-state index in [0.717, 1.165) is 10.5 Å². The Balaban J connectivity index is 1.79. The topological polar surface area (TPSA) is 73.9 Å². The van der Waals surface area contributed by atoms with Gasteiger partial charge in [0.15, 0.2) is 17.6 Å². The largest absolute Gasteiger partial charge is 0.493 e. The van der Waals surface area contributed by atoms with Crippen molar-refractivity contribution < 1.29 is 23.8 Å². The zero-order chi connectivity index (χ0) is 20.4. The molecular formula is C21H23NO5S.